The zero-order chi connectivity index (χ0) is 15.4. The molecular weight excluding hydrogens is 345 g/mol. The van der Waals surface area contributed by atoms with Gasteiger partial charge in [-0.25, -0.2) is 9.18 Å². The first-order valence-corrected chi connectivity index (χ1v) is 7.38. The molecule has 0 aliphatic carbocycles. The zero-order valence-electron chi connectivity index (χ0n) is 11.2. The van der Waals surface area contributed by atoms with Gasteiger partial charge in [-0.15, -0.1) is 0 Å². The number of carboxylic acids is 1. The monoisotopic (exact) mass is 359 g/mol. The number of amides is 1. The third kappa shape index (κ3) is 3.93. The third-order valence-electron chi connectivity index (χ3n) is 3.35. The highest BCUT2D eigenvalue weighted by Crippen LogP contribution is 2.22. The summed E-state index contributed by atoms with van der Waals surface area (Å²) in [4.78, 5) is 24.5. The van der Waals surface area contributed by atoms with Crippen molar-refractivity contribution in [2.75, 3.05) is 13.2 Å². The van der Waals surface area contributed by atoms with Crippen LogP contribution in [-0.2, 0) is 9.59 Å². The molecule has 0 saturated carbocycles. The Morgan fingerprint density at radius 3 is 2.86 bits per heavy atom. The quantitative estimate of drug-likeness (QED) is 0.896. The number of carbonyl (C=O) groups excluding carboxylic acids is 1. The highest BCUT2D eigenvalue weighted by molar-refractivity contribution is 9.10. The Hall–Kier alpha value is -1.63. The van der Waals surface area contributed by atoms with E-state index < -0.39 is 23.7 Å². The van der Waals surface area contributed by atoms with Crippen LogP contribution in [0.2, 0.25) is 0 Å². The molecule has 1 amide bonds. The molecule has 1 atom stereocenters. The van der Waals surface area contributed by atoms with Gasteiger partial charge in [0.2, 0.25) is 0 Å². The number of halogens is 2. The maximum atomic E-state index is 13.6. The van der Waals surface area contributed by atoms with Gasteiger partial charge in [-0.05, 0) is 37.5 Å². The van der Waals surface area contributed by atoms with Gasteiger partial charge in [0.15, 0.2) is 18.2 Å². The second-order valence-corrected chi connectivity index (χ2v) is 5.72. The van der Waals surface area contributed by atoms with Crippen LogP contribution in [0.25, 0.3) is 0 Å². The van der Waals surface area contributed by atoms with Crippen molar-refractivity contribution in [3.63, 3.8) is 0 Å². The first kappa shape index (κ1) is 15.8. The molecule has 114 valence electrons. The Kier molecular flexibility index (Phi) is 5.17. The third-order valence-corrected chi connectivity index (χ3v) is 3.85. The van der Waals surface area contributed by atoms with E-state index in [1.807, 2.05) is 0 Å². The summed E-state index contributed by atoms with van der Waals surface area (Å²) in [6, 6.07) is 3.44. The second kappa shape index (κ2) is 6.89. The molecule has 0 radical (unpaired) electrons. The van der Waals surface area contributed by atoms with Crippen molar-refractivity contribution in [1.82, 2.24) is 4.90 Å². The Morgan fingerprint density at radius 2 is 2.19 bits per heavy atom. The fourth-order valence-corrected chi connectivity index (χ4v) is 2.63. The number of rotatable bonds is 4. The predicted molar refractivity (Wildman–Crippen MR) is 76.6 cm³/mol. The maximum Gasteiger partial charge on any atom is 0.326 e. The average Bonchev–Trinajstić information content (AvgIpc) is 2.46. The number of nitrogens with zero attached hydrogens (tertiary/aromatic N) is 1. The lowest BCUT2D eigenvalue weighted by Crippen LogP contribution is -2.49. The zero-order valence-corrected chi connectivity index (χ0v) is 12.8. The summed E-state index contributed by atoms with van der Waals surface area (Å²) in [7, 11) is 0. The molecule has 1 aliphatic heterocycles. The summed E-state index contributed by atoms with van der Waals surface area (Å²) in [6.07, 6.45) is 1.98. The number of carboxylic acid groups (broad SMARTS) is 1. The Bertz CT molecular complexity index is 552. The SMILES string of the molecule is O=C(O)[C@@H]1CCCCN1C(=O)COc1ccc(Br)cc1F. The van der Waals surface area contributed by atoms with Crippen LogP contribution < -0.4 is 4.74 Å². The Labute approximate surface area is 129 Å². The Morgan fingerprint density at radius 1 is 1.43 bits per heavy atom. The van der Waals surface area contributed by atoms with E-state index in [1.165, 1.54) is 17.0 Å². The summed E-state index contributed by atoms with van der Waals surface area (Å²) in [5, 5.41) is 9.12. The van der Waals surface area contributed by atoms with E-state index in [9.17, 15) is 14.0 Å². The van der Waals surface area contributed by atoms with Crippen LogP contribution in [0.1, 0.15) is 19.3 Å². The smallest absolute Gasteiger partial charge is 0.326 e. The lowest BCUT2D eigenvalue weighted by atomic mass is 10.0. The molecule has 0 spiro atoms. The second-order valence-electron chi connectivity index (χ2n) is 4.80. The van der Waals surface area contributed by atoms with Crippen molar-refractivity contribution < 1.29 is 23.8 Å². The van der Waals surface area contributed by atoms with Crippen molar-refractivity contribution in [3.8, 4) is 5.75 Å². The van der Waals surface area contributed by atoms with Crippen molar-refractivity contribution in [2.24, 2.45) is 0 Å². The van der Waals surface area contributed by atoms with Gasteiger partial charge in [0.05, 0.1) is 0 Å². The highest BCUT2D eigenvalue weighted by atomic mass is 79.9. The number of benzene rings is 1. The van der Waals surface area contributed by atoms with E-state index >= 15 is 0 Å². The molecule has 21 heavy (non-hydrogen) atoms. The predicted octanol–water partition coefficient (Wildman–Crippen LogP) is 2.43. The van der Waals surface area contributed by atoms with Gasteiger partial charge in [-0.2, -0.15) is 0 Å². The normalized spacial score (nSPS) is 18.4. The number of ether oxygens (including phenoxy) is 1. The van der Waals surface area contributed by atoms with Crippen LogP contribution in [0.4, 0.5) is 4.39 Å². The van der Waals surface area contributed by atoms with Gasteiger partial charge in [-0.1, -0.05) is 15.9 Å². The maximum absolute atomic E-state index is 13.6. The fraction of sp³-hybridized carbons (Fsp3) is 0.429. The Balaban J connectivity index is 1.98. The molecule has 0 bridgehead atoms. The van der Waals surface area contributed by atoms with E-state index in [0.29, 0.717) is 17.4 Å². The summed E-state index contributed by atoms with van der Waals surface area (Å²) in [6.45, 7) is 0.0182. The van der Waals surface area contributed by atoms with E-state index in [0.717, 1.165) is 12.8 Å². The van der Waals surface area contributed by atoms with Crippen molar-refractivity contribution >= 4 is 27.8 Å². The molecule has 1 aliphatic rings. The number of likely N-dealkylation sites (tertiary alicyclic amines) is 1. The van der Waals surface area contributed by atoms with E-state index in [-0.39, 0.29) is 12.4 Å². The lowest BCUT2D eigenvalue weighted by Gasteiger charge is -2.32. The van der Waals surface area contributed by atoms with Gasteiger partial charge in [0, 0.05) is 11.0 Å². The number of piperidine rings is 1. The minimum Gasteiger partial charge on any atom is -0.481 e. The summed E-state index contributed by atoms with van der Waals surface area (Å²) in [5.41, 5.74) is 0. The largest absolute Gasteiger partial charge is 0.481 e. The number of aliphatic carboxylic acids is 1. The molecule has 2 rings (SSSR count). The molecule has 1 aromatic rings. The fourth-order valence-electron chi connectivity index (χ4n) is 2.30. The van der Waals surface area contributed by atoms with Crippen molar-refractivity contribution in [3.05, 3.63) is 28.5 Å². The van der Waals surface area contributed by atoms with E-state index in [4.69, 9.17) is 9.84 Å². The summed E-state index contributed by atoms with van der Waals surface area (Å²) < 4.78 is 19.3. The van der Waals surface area contributed by atoms with Crippen LogP contribution >= 0.6 is 15.9 Å². The minimum absolute atomic E-state index is 0.0320. The van der Waals surface area contributed by atoms with Gasteiger partial charge < -0.3 is 14.7 Å². The number of carbonyl (C=O) groups is 2. The van der Waals surface area contributed by atoms with Crippen molar-refractivity contribution in [1.29, 1.82) is 0 Å². The first-order valence-electron chi connectivity index (χ1n) is 6.59. The standard InChI is InChI=1S/C14H15BrFNO4/c15-9-4-5-12(10(16)7-9)21-8-13(18)17-6-2-1-3-11(17)14(19)20/h4-5,7,11H,1-3,6,8H2,(H,19,20)/t11-/m0/s1. The van der Waals surface area contributed by atoms with E-state index in [1.54, 1.807) is 6.07 Å². The molecule has 1 N–H and O–H groups in total. The summed E-state index contributed by atoms with van der Waals surface area (Å²) >= 11 is 3.13. The van der Waals surface area contributed by atoms with Crippen LogP contribution in [0.15, 0.2) is 22.7 Å². The van der Waals surface area contributed by atoms with Crippen molar-refractivity contribution in [2.45, 2.75) is 25.3 Å². The average molecular weight is 360 g/mol. The highest BCUT2D eigenvalue weighted by Gasteiger charge is 2.32. The number of hydrogen-bond acceptors (Lipinski definition) is 3. The molecule has 0 aromatic heterocycles. The topological polar surface area (TPSA) is 66.8 Å². The van der Waals surface area contributed by atoms with Crippen LogP contribution in [0.5, 0.6) is 5.75 Å². The van der Waals surface area contributed by atoms with Gasteiger partial charge in [0.25, 0.3) is 5.91 Å². The van der Waals surface area contributed by atoms with E-state index in [2.05, 4.69) is 15.9 Å². The summed E-state index contributed by atoms with van der Waals surface area (Å²) in [5.74, 6) is -2.07. The van der Waals surface area contributed by atoms with Gasteiger partial charge >= 0.3 is 5.97 Å². The molecule has 1 saturated heterocycles. The molecular formula is C14H15BrFNO4. The number of hydrogen-bond donors (Lipinski definition) is 1. The van der Waals surface area contributed by atoms with Crippen LogP contribution in [0, 0.1) is 5.82 Å². The lowest BCUT2D eigenvalue weighted by molar-refractivity contribution is -0.152. The molecule has 1 heterocycles. The van der Waals surface area contributed by atoms with Gasteiger partial charge in [-0.3, -0.25) is 4.79 Å². The molecule has 1 aromatic carbocycles. The molecule has 5 nitrogen and oxygen atoms in total. The molecule has 1 fully saturated rings. The van der Waals surface area contributed by atoms with Crippen LogP contribution in [0.3, 0.4) is 0 Å². The first-order chi connectivity index (χ1) is 9.99. The minimum atomic E-state index is -1.02. The molecule has 0 unspecified atom stereocenters. The van der Waals surface area contributed by atoms with Gasteiger partial charge in [0.1, 0.15) is 6.04 Å². The molecule has 7 heteroatoms. The van der Waals surface area contributed by atoms with Crippen LogP contribution in [-0.4, -0.2) is 41.1 Å².